The van der Waals surface area contributed by atoms with E-state index >= 15 is 0 Å². The molecule has 4 rings (SSSR count). The van der Waals surface area contributed by atoms with Crippen molar-refractivity contribution >= 4 is 6.09 Å². The lowest BCUT2D eigenvalue weighted by molar-refractivity contribution is 0.143. The summed E-state index contributed by atoms with van der Waals surface area (Å²) in [6.45, 7) is 0.661. The Hall–Kier alpha value is -3.58. The van der Waals surface area contributed by atoms with Crippen molar-refractivity contribution in [2.24, 2.45) is 0 Å². The lowest BCUT2D eigenvalue weighted by Crippen LogP contribution is -2.26. The van der Waals surface area contributed by atoms with Crippen LogP contribution in [0.1, 0.15) is 29.0 Å². The minimum absolute atomic E-state index is 0.0425. The molecule has 1 amide bonds. The molecule has 0 aliphatic heterocycles. The van der Waals surface area contributed by atoms with Gasteiger partial charge in [0.05, 0.1) is 0 Å². The van der Waals surface area contributed by atoms with Gasteiger partial charge in [0.25, 0.3) is 0 Å². The molecule has 0 heterocycles. The van der Waals surface area contributed by atoms with E-state index in [9.17, 15) is 9.18 Å². The Morgan fingerprint density at radius 3 is 2.34 bits per heavy atom. The van der Waals surface area contributed by atoms with Gasteiger partial charge in [-0.2, -0.15) is 0 Å². The van der Waals surface area contributed by atoms with Crippen LogP contribution >= 0.6 is 0 Å². The average molecular weight is 385 g/mol. The number of hydrogen-bond acceptors (Lipinski definition) is 2. The van der Waals surface area contributed by atoms with Crippen molar-refractivity contribution in [3.63, 3.8) is 0 Å². The molecule has 0 aromatic heterocycles. The van der Waals surface area contributed by atoms with Crippen LogP contribution in [0.5, 0.6) is 0 Å². The highest BCUT2D eigenvalue weighted by Crippen LogP contribution is 2.44. The summed E-state index contributed by atoms with van der Waals surface area (Å²) in [5, 5.41) is 2.71. The number of nitrogens with one attached hydrogen (secondary N) is 1. The van der Waals surface area contributed by atoms with E-state index < -0.39 is 6.09 Å². The molecule has 0 atom stereocenters. The third kappa shape index (κ3) is 4.30. The van der Waals surface area contributed by atoms with E-state index in [0.29, 0.717) is 18.5 Å². The Bertz CT molecular complexity index is 1050. The fourth-order valence-electron chi connectivity index (χ4n) is 3.61. The molecule has 0 fully saturated rings. The first-order valence-electron chi connectivity index (χ1n) is 9.55. The number of alkyl carbamates (subject to hydrolysis) is 1. The molecule has 144 valence electrons. The van der Waals surface area contributed by atoms with Crippen molar-refractivity contribution < 1.29 is 13.9 Å². The molecule has 3 aromatic rings. The summed E-state index contributed by atoms with van der Waals surface area (Å²) in [6.07, 6.45) is 0.000164. The molecule has 0 bridgehead atoms. The minimum Gasteiger partial charge on any atom is -0.449 e. The van der Waals surface area contributed by atoms with E-state index in [0.717, 1.165) is 0 Å². The number of fused-ring (bicyclic) bond motifs is 3. The van der Waals surface area contributed by atoms with E-state index in [2.05, 4.69) is 41.4 Å². The molecule has 4 heteroatoms. The summed E-state index contributed by atoms with van der Waals surface area (Å²) in [7, 11) is 0. The smallest absolute Gasteiger partial charge is 0.407 e. The molecule has 0 saturated heterocycles. The standard InChI is InChI=1S/C25H20FNO2/c26-19-10-7-9-18(16-19)8-5-6-15-27-25(28)29-17-24-22-13-3-1-11-20(22)21-12-2-4-14-23(21)24/h1-4,7,9-14,16,24H,6,15,17H2,(H,27,28). The first kappa shape index (κ1) is 18.8. The van der Waals surface area contributed by atoms with Crippen molar-refractivity contribution in [2.45, 2.75) is 12.3 Å². The highest BCUT2D eigenvalue weighted by molar-refractivity contribution is 5.79. The van der Waals surface area contributed by atoms with Crippen LogP contribution < -0.4 is 5.32 Å². The molecule has 29 heavy (non-hydrogen) atoms. The van der Waals surface area contributed by atoms with Crippen LogP contribution in [0.4, 0.5) is 9.18 Å². The fourth-order valence-corrected chi connectivity index (χ4v) is 3.61. The number of carbonyl (C=O) groups excluding carboxylic acids is 1. The van der Waals surface area contributed by atoms with Crippen LogP contribution in [0.15, 0.2) is 72.8 Å². The highest BCUT2D eigenvalue weighted by Gasteiger charge is 2.28. The average Bonchev–Trinajstić information content (AvgIpc) is 3.06. The topological polar surface area (TPSA) is 38.3 Å². The molecule has 0 spiro atoms. The van der Waals surface area contributed by atoms with E-state index in [-0.39, 0.29) is 18.3 Å². The monoisotopic (exact) mass is 385 g/mol. The van der Waals surface area contributed by atoms with Crippen molar-refractivity contribution in [3.8, 4) is 23.0 Å². The Morgan fingerprint density at radius 1 is 0.966 bits per heavy atom. The third-order valence-electron chi connectivity index (χ3n) is 4.92. The van der Waals surface area contributed by atoms with E-state index in [4.69, 9.17) is 4.74 Å². The molecule has 0 unspecified atom stereocenters. The molecule has 1 aliphatic carbocycles. The lowest BCUT2D eigenvalue weighted by atomic mass is 9.98. The zero-order valence-corrected chi connectivity index (χ0v) is 15.8. The number of halogens is 1. The van der Waals surface area contributed by atoms with Crippen LogP contribution in [-0.2, 0) is 4.74 Å². The van der Waals surface area contributed by atoms with Gasteiger partial charge in [0.15, 0.2) is 0 Å². The quantitative estimate of drug-likeness (QED) is 0.501. The van der Waals surface area contributed by atoms with Crippen LogP contribution in [0.2, 0.25) is 0 Å². The van der Waals surface area contributed by atoms with Crippen molar-refractivity contribution in [1.29, 1.82) is 0 Å². The first-order chi connectivity index (χ1) is 14.2. The van der Waals surface area contributed by atoms with Crippen LogP contribution in [0, 0.1) is 17.7 Å². The second-order valence-electron chi connectivity index (χ2n) is 6.81. The Kier molecular flexibility index (Phi) is 5.58. The molecule has 1 N–H and O–H groups in total. The second-order valence-corrected chi connectivity index (χ2v) is 6.81. The van der Waals surface area contributed by atoms with Crippen LogP contribution in [-0.4, -0.2) is 19.2 Å². The minimum atomic E-state index is -0.459. The summed E-state index contributed by atoms with van der Waals surface area (Å²) >= 11 is 0. The number of benzene rings is 3. The molecule has 3 nitrogen and oxygen atoms in total. The summed E-state index contributed by atoms with van der Waals surface area (Å²) in [6, 6.07) is 22.6. The maximum atomic E-state index is 13.1. The normalized spacial score (nSPS) is 11.8. The number of carbonyl (C=O) groups is 1. The van der Waals surface area contributed by atoms with Crippen LogP contribution in [0.3, 0.4) is 0 Å². The first-order valence-corrected chi connectivity index (χ1v) is 9.55. The van der Waals surface area contributed by atoms with Gasteiger partial charge >= 0.3 is 6.09 Å². The number of rotatable bonds is 4. The summed E-state index contributed by atoms with van der Waals surface area (Å²) in [4.78, 5) is 12.1. The molecule has 0 saturated carbocycles. The van der Waals surface area contributed by atoms with Crippen molar-refractivity contribution in [3.05, 3.63) is 95.3 Å². The second kappa shape index (κ2) is 8.62. The Balaban J connectivity index is 1.29. The van der Waals surface area contributed by atoms with Gasteiger partial charge in [-0.15, -0.1) is 0 Å². The van der Waals surface area contributed by atoms with Gasteiger partial charge in [0.2, 0.25) is 0 Å². The summed E-state index contributed by atoms with van der Waals surface area (Å²) in [5.41, 5.74) is 5.38. The molecule has 3 aromatic carbocycles. The number of amides is 1. The van der Waals surface area contributed by atoms with Crippen molar-refractivity contribution in [1.82, 2.24) is 5.32 Å². The van der Waals surface area contributed by atoms with E-state index in [1.165, 1.54) is 34.4 Å². The van der Waals surface area contributed by atoms with Gasteiger partial charge in [-0.1, -0.05) is 66.4 Å². The molecule has 1 aliphatic rings. The van der Waals surface area contributed by atoms with Gasteiger partial charge < -0.3 is 10.1 Å². The predicted molar refractivity (Wildman–Crippen MR) is 111 cm³/mol. The van der Waals surface area contributed by atoms with Gasteiger partial charge in [-0.05, 0) is 40.5 Å². The SMILES string of the molecule is O=C(NCCC#Cc1cccc(F)c1)OCC1c2ccccc2-c2ccccc21. The van der Waals surface area contributed by atoms with Crippen molar-refractivity contribution in [2.75, 3.05) is 13.2 Å². The zero-order chi connectivity index (χ0) is 20.1. The molecular formula is C25H20FNO2. The largest absolute Gasteiger partial charge is 0.449 e. The Morgan fingerprint density at radius 2 is 1.66 bits per heavy atom. The van der Waals surface area contributed by atoms with Gasteiger partial charge in [0, 0.05) is 24.4 Å². The summed E-state index contributed by atoms with van der Waals surface area (Å²) < 4.78 is 18.6. The van der Waals surface area contributed by atoms with Gasteiger partial charge in [0.1, 0.15) is 12.4 Å². The summed E-state index contributed by atoms with van der Waals surface area (Å²) in [5.74, 6) is 5.53. The number of ether oxygens (including phenoxy) is 1. The maximum absolute atomic E-state index is 13.1. The molecule has 0 radical (unpaired) electrons. The lowest BCUT2D eigenvalue weighted by Gasteiger charge is -2.14. The van der Waals surface area contributed by atoms with E-state index in [1.54, 1.807) is 12.1 Å². The number of hydrogen-bond donors (Lipinski definition) is 1. The Labute approximate surface area is 169 Å². The van der Waals surface area contributed by atoms with Crippen LogP contribution in [0.25, 0.3) is 11.1 Å². The highest BCUT2D eigenvalue weighted by atomic mass is 19.1. The van der Waals surface area contributed by atoms with Gasteiger partial charge in [-0.25, -0.2) is 9.18 Å². The maximum Gasteiger partial charge on any atom is 0.407 e. The van der Waals surface area contributed by atoms with Gasteiger partial charge in [-0.3, -0.25) is 0 Å². The predicted octanol–water partition coefficient (Wildman–Crippen LogP) is 5.11. The fraction of sp³-hybridized carbons (Fsp3) is 0.160. The van der Waals surface area contributed by atoms with E-state index in [1.807, 2.05) is 24.3 Å². The zero-order valence-electron chi connectivity index (χ0n) is 15.8. The third-order valence-corrected chi connectivity index (χ3v) is 4.92. The molecular weight excluding hydrogens is 365 g/mol.